The molecule has 2 heterocycles. The fourth-order valence-electron chi connectivity index (χ4n) is 4.89. The van der Waals surface area contributed by atoms with Crippen molar-refractivity contribution in [2.75, 3.05) is 35.5 Å². The summed E-state index contributed by atoms with van der Waals surface area (Å²) in [6.07, 6.45) is 1.53. The molecule has 0 radical (unpaired) electrons. The summed E-state index contributed by atoms with van der Waals surface area (Å²) in [4.78, 5) is 26.0. The van der Waals surface area contributed by atoms with Gasteiger partial charge in [0.1, 0.15) is 11.5 Å². The zero-order chi connectivity index (χ0) is 27.8. The van der Waals surface area contributed by atoms with Crippen LogP contribution in [0.3, 0.4) is 0 Å². The number of phenolic OH excluding ortho intramolecular Hbond substituents is 1. The fraction of sp³-hybridized carbons (Fsp3) is 0.241. The van der Waals surface area contributed by atoms with Gasteiger partial charge < -0.3 is 38.3 Å². The number of hydrogen-bond donors (Lipinski definition) is 1. The highest BCUT2D eigenvalue weighted by Gasteiger charge is 2.39. The Balaban J connectivity index is 1.63. The number of esters is 1. The van der Waals surface area contributed by atoms with E-state index in [4.69, 9.17) is 33.2 Å². The van der Waals surface area contributed by atoms with Gasteiger partial charge in [0, 0.05) is 17.0 Å². The molecular weight excluding hydrogens is 508 g/mol. The molecule has 10 nitrogen and oxygen atoms in total. The normalized spacial score (nSPS) is 16.6. The van der Waals surface area contributed by atoms with E-state index < -0.39 is 11.9 Å². The number of benzene rings is 3. The van der Waals surface area contributed by atoms with E-state index in [1.807, 2.05) is 0 Å². The van der Waals surface area contributed by atoms with E-state index in [0.29, 0.717) is 39.5 Å². The first kappa shape index (κ1) is 25.8. The quantitative estimate of drug-likeness (QED) is 0.264. The minimum atomic E-state index is -0.567. The Bertz CT molecular complexity index is 1500. The number of ether oxygens (including phenoxy) is 7. The summed E-state index contributed by atoms with van der Waals surface area (Å²) in [6.45, 7) is 0. The van der Waals surface area contributed by atoms with Gasteiger partial charge in [-0.2, -0.15) is 0 Å². The van der Waals surface area contributed by atoms with Crippen LogP contribution in [0.15, 0.2) is 42.2 Å². The lowest BCUT2D eigenvalue weighted by Gasteiger charge is -2.27. The highest BCUT2D eigenvalue weighted by atomic mass is 16.5. The van der Waals surface area contributed by atoms with Gasteiger partial charge in [-0.3, -0.25) is 9.59 Å². The molecule has 39 heavy (non-hydrogen) atoms. The van der Waals surface area contributed by atoms with Crippen LogP contribution < -0.4 is 33.2 Å². The van der Waals surface area contributed by atoms with E-state index >= 15 is 0 Å². The smallest absolute Gasteiger partial charge is 0.312 e. The number of carbonyl (C=O) groups excluding carboxylic acids is 2. The van der Waals surface area contributed by atoms with Gasteiger partial charge in [0.2, 0.25) is 17.3 Å². The molecule has 2 aliphatic heterocycles. The van der Waals surface area contributed by atoms with Crippen molar-refractivity contribution in [1.82, 2.24) is 0 Å². The summed E-state index contributed by atoms with van der Waals surface area (Å²) >= 11 is 0. The third kappa shape index (κ3) is 4.23. The van der Waals surface area contributed by atoms with Gasteiger partial charge in [0.15, 0.2) is 28.8 Å². The van der Waals surface area contributed by atoms with Gasteiger partial charge in [-0.1, -0.05) is 0 Å². The summed E-state index contributed by atoms with van der Waals surface area (Å²) in [7, 11) is 7.33. The zero-order valence-corrected chi connectivity index (χ0v) is 21.9. The molecule has 0 fully saturated rings. The summed E-state index contributed by atoms with van der Waals surface area (Å²) in [5.74, 6) is 0.651. The maximum absolute atomic E-state index is 13.4. The first-order valence-corrected chi connectivity index (χ1v) is 11.9. The number of methoxy groups -OCH3 is 5. The Morgan fingerprint density at radius 3 is 2.10 bits per heavy atom. The zero-order valence-electron chi connectivity index (χ0n) is 21.9. The minimum absolute atomic E-state index is 0.0271. The molecule has 0 amide bonds. The second kappa shape index (κ2) is 10.1. The fourth-order valence-corrected chi connectivity index (χ4v) is 4.89. The Labute approximate surface area is 224 Å². The van der Waals surface area contributed by atoms with Gasteiger partial charge >= 0.3 is 5.97 Å². The Kier molecular flexibility index (Phi) is 6.69. The molecule has 0 saturated heterocycles. The Morgan fingerprint density at radius 2 is 1.49 bits per heavy atom. The topological polar surface area (TPSA) is 119 Å². The number of hydrogen-bond acceptors (Lipinski definition) is 10. The van der Waals surface area contributed by atoms with Crippen LogP contribution in [0.25, 0.3) is 6.08 Å². The Hall–Kier alpha value is -4.86. The number of aromatic hydroxyl groups is 1. The maximum atomic E-state index is 13.4. The van der Waals surface area contributed by atoms with Crippen molar-refractivity contribution in [3.8, 4) is 46.0 Å². The molecule has 0 aromatic heterocycles. The first-order valence-electron chi connectivity index (χ1n) is 11.9. The van der Waals surface area contributed by atoms with Crippen LogP contribution in [0, 0.1) is 0 Å². The predicted octanol–water partition coefficient (Wildman–Crippen LogP) is 4.49. The number of ketones is 1. The van der Waals surface area contributed by atoms with E-state index in [0.717, 1.165) is 0 Å². The van der Waals surface area contributed by atoms with Crippen molar-refractivity contribution >= 4 is 17.8 Å². The van der Waals surface area contributed by atoms with Crippen molar-refractivity contribution in [2.45, 2.75) is 12.3 Å². The van der Waals surface area contributed by atoms with E-state index in [2.05, 4.69) is 0 Å². The van der Waals surface area contributed by atoms with Crippen molar-refractivity contribution in [3.05, 3.63) is 64.4 Å². The summed E-state index contributed by atoms with van der Waals surface area (Å²) < 4.78 is 38.6. The standard InChI is InChI=1S/C29H26O10/c1-33-19-8-6-14(27(36-4)29(19)37-5)10-22-25(31)16-7-9-18-24(28(16)39-22)17(13-23(30)38-18)15-11-20(34-2)26(32)21(12-15)35-3/h6-12,17,32H,13H2,1-5H3/b22-10+. The van der Waals surface area contributed by atoms with Gasteiger partial charge in [0.05, 0.1) is 47.5 Å². The average molecular weight is 535 g/mol. The maximum Gasteiger partial charge on any atom is 0.312 e. The van der Waals surface area contributed by atoms with Crippen LogP contribution in [-0.2, 0) is 4.79 Å². The number of allylic oxidation sites excluding steroid dienone is 1. The van der Waals surface area contributed by atoms with Crippen LogP contribution in [0.4, 0.5) is 0 Å². The van der Waals surface area contributed by atoms with Gasteiger partial charge in [-0.05, 0) is 48.0 Å². The molecule has 0 aliphatic carbocycles. The lowest BCUT2D eigenvalue weighted by Crippen LogP contribution is -2.21. The molecule has 1 N–H and O–H groups in total. The number of carbonyl (C=O) groups is 2. The Morgan fingerprint density at radius 1 is 0.821 bits per heavy atom. The third-order valence-corrected chi connectivity index (χ3v) is 6.71. The molecule has 3 aromatic carbocycles. The summed E-state index contributed by atoms with van der Waals surface area (Å²) in [5, 5.41) is 10.4. The molecule has 5 rings (SSSR count). The van der Waals surface area contributed by atoms with E-state index in [9.17, 15) is 14.7 Å². The lowest BCUT2D eigenvalue weighted by molar-refractivity contribution is -0.135. The highest BCUT2D eigenvalue weighted by molar-refractivity contribution is 6.15. The molecule has 1 atom stereocenters. The average Bonchev–Trinajstić information content (AvgIpc) is 3.26. The van der Waals surface area contributed by atoms with Crippen molar-refractivity contribution in [2.24, 2.45) is 0 Å². The second-order valence-electron chi connectivity index (χ2n) is 8.72. The largest absolute Gasteiger partial charge is 0.502 e. The van der Waals surface area contributed by atoms with E-state index in [1.165, 1.54) is 35.5 Å². The molecule has 1 unspecified atom stereocenters. The van der Waals surface area contributed by atoms with Gasteiger partial charge in [0.25, 0.3) is 0 Å². The molecule has 0 spiro atoms. The molecule has 10 heteroatoms. The molecule has 0 saturated carbocycles. The van der Waals surface area contributed by atoms with E-state index in [-0.39, 0.29) is 46.7 Å². The second-order valence-corrected chi connectivity index (χ2v) is 8.72. The van der Waals surface area contributed by atoms with E-state index in [1.54, 1.807) is 42.5 Å². The van der Waals surface area contributed by atoms with Crippen LogP contribution in [-0.4, -0.2) is 52.4 Å². The van der Waals surface area contributed by atoms with Crippen LogP contribution >= 0.6 is 0 Å². The SMILES string of the molecule is COc1cc(C2CC(=O)Oc3ccc4c(c32)O/C(=C/c2ccc(OC)c(OC)c2OC)C4=O)cc(OC)c1O. The van der Waals surface area contributed by atoms with Gasteiger partial charge in [-0.25, -0.2) is 0 Å². The number of fused-ring (bicyclic) bond motifs is 3. The molecular formula is C29H26O10. The van der Waals surface area contributed by atoms with Crippen molar-refractivity contribution < 1.29 is 47.9 Å². The number of phenols is 1. The van der Waals surface area contributed by atoms with Crippen molar-refractivity contribution in [1.29, 1.82) is 0 Å². The minimum Gasteiger partial charge on any atom is -0.502 e. The number of rotatable bonds is 7. The van der Waals surface area contributed by atoms with Crippen LogP contribution in [0.2, 0.25) is 0 Å². The van der Waals surface area contributed by atoms with Crippen molar-refractivity contribution in [3.63, 3.8) is 0 Å². The number of Topliss-reactive ketones (excluding diaryl/α,β-unsaturated/α-hetero) is 1. The lowest BCUT2D eigenvalue weighted by atomic mass is 9.84. The summed E-state index contributed by atoms with van der Waals surface area (Å²) in [6, 6.07) is 9.80. The van der Waals surface area contributed by atoms with Gasteiger partial charge in [-0.15, -0.1) is 0 Å². The first-order chi connectivity index (χ1) is 18.8. The highest BCUT2D eigenvalue weighted by Crippen LogP contribution is 2.51. The summed E-state index contributed by atoms with van der Waals surface area (Å²) in [5.41, 5.74) is 2.00. The molecule has 202 valence electrons. The predicted molar refractivity (Wildman–Crippen MR) is 139 cm³/mol. The monoisotopic (exact) mass is 534 g/mol. The molecule has 2 aliphatic rings. The molecule has 0 bridgehead atoms. The van der Waals surface area contributed by atoms with Crippen LogP contribution in [0.5, 0.6) is 46.0 Å². The third-order valence-electron chi connectivity index (χ3n) is 6.71. The molecule has 3 aromatic rings. The van der Waals surface area contributed by atoms with Crippen LogP contribution in [0.1, 0.15) is 39.4 Å².